The van der Waals surface area contributed by atoms with Gasteiger partial charge < -0.3 is 15.4 Å². The predicted octanol–water partition coefficient (Wildman–Crippen LogP) is -0.687. The Labute approximate surface area is 83.2 Å². The van der Waals surface area contributed by atoms with Crippen LogP contribution in [0.4, 0.5) is 0 Å². The summed E-state index contributed by atoms with van der Waals surface area (Å²) in [5.74, 6) is -0.665. The van der Waals surface area contributed by atoms with Crippen LogP contribution in [0.15, 0.2) is 0 Å². The lowest BCUT2D eigenvalue weighted by Crippen LogP contribution is -2.51. The molecule has 1 saturated heterocycles. The van der Waals surface area contributed by atoms with Crippen LogP contribution in [0.3, 0.4) is 0 Å². The first-order chi connectivity index (χ1) is 6.66. The Morgan fingerprint density at radius 3 is 2.93 bits per heavy atom. The standard InChI is InChI=1S/C9H15N2O3/c1-14-6-8(12)11-5-3-2-4-7(11)9(10)13/h4,7H,2-3,5-6H2,1H3,(H2,10,13). The molecule has 1 aliphatic heterocycles. The highest BCUT2D eigenvalue weighted by atomic mass is 16.5. The first-order valence-corrected chi connectivity index (χ1v) is 4.58. The number of hydrogen-bond donors (Lipinski definition) is 1. The normalized spacial score (nSPS) is 22.1. The third-order valence-corrected chi connectivity index (χ3v) is 2.21. The van der Waals surface area contributed by atoms with E-state index in [4.69, 9.17) is 10.5 Å². The van der Waals surface area contributed by atoms with Crippen LogP contribution in [-0.2, 0) is 14.3 Å². The number of nitrogens with two attached hydrogens (primary N) is 1. The molecule has 1 aliphatic rings. The Hall–Kier alpha value is -1.10. The number of methoxy groups -OCH3 is 1. The van der Waals surface area contributed by atoms with E-state index in [0.717, 1.165) is 12.8 Å². The number of carbonyl (C=O) groups is 2. The van der Waals surface area contributed by atoms with Gasteiger partial charge in [-0.05, 0) is 19.3 Å². The van der Waals surface area contributed by atoms with E-state index < -0.39 is 11.9 Å². The van der Waals surface area contributed by atoms with Gasteiger partial charge in [0.15, 0.2) is 0 Å². The molecule has 1 heterocycles. The minimum atomic E-state index is -0.564. The fraction of sp³-hybridized carbons (Fsp3) is 0.667. The summed E-state index contributed by atoms with van der Waals surface area (Å²) in [6, 6.07) is -0.564. The van der Waals surface area contributed by atoms with Crippen LogP contribution >= 0.6 is 0 Å². The number of hydrogen-bond acceptors (Lipinski definition) is 3. The average molecular weight is 199 g/mol. The third-order valence-electron chi connectivity index (χ3n) is 2.21. The molecule has 14 heavy (non-hydrogen) atoms. The summed E-state index contributed by atoms with van der Waals surface area (Å²) in [5.41, 5.74) is 5.19. The van der Waals surface area contributed by atoms with Gasteiger partial charge in [-0.1, -0.05) is 0 Å². The molecule has 0 bridgehead atoms. The van der Waals surface area contributed by atoms with Crippen LogP contribution in [0.2, 0.25) is 0 Å². The van der Waals surface area contributed by atoms with E-state index in [1.54, 1.807) is 6.42 Å². The van der Waals surface area contributed by atoms with Crippen molar-refractivity contribution >= 4 is 11.8 Å². The molecule has 0 aliphatic carbocycles. The zero-order valence-corrected chi connectivity index (χ0v) is 8.23. The minimum absolute atomic E-state index is 0.00236. The van der Waals surface area contributed by atoms with E-state index in [1.807, 2.05) is 0 Å². The molecule has 5 nitrogen and oxygen atoms in total. The lowest BCUT2D eigenvalue weighted by Gasteiger charge is -2.33. The van der Waals surface area contributed by atoms with Gasteiger partial charge in [0.25, 0.3) is 0 Å². The van der Waals surface area contributed by atoms with Crippen molar-refractivity contribution in [1.82, 2.24) is 4.90 Å². The van der Waals surface area contributed by atoms with Gasteiger partial charge in [-0.15, -0.1) is 0 Å². The second-order valence-corrected chi connectivity index (χ2v) is 3.25. The van der Waals surface area contributed by atoms with Crippen LogP contribution in [-0.4, -0.2) is 43.0 Å². The zero-order chi connectivity index (χ0) is 10.6. The first-order valence-electron chi connectivity index (χ1n) is 4.58. The van der Waals surface area contributed by atoms with Gasteiger partial charge in [-0.2, -0.15) is 0 Å². The molecule has 5 heteroatoms. The maximum Gasteiger partial charge on any atom is 0.249 e. The topological polar surface area (TPSA) is 72.6 Å². The predicted molar refractivity (Wildman–Crippen MR) is 50.1 cm³/mol. The maximum atomic E-state index is 11.5. The molecule has 0 aromatic rings. The van der Waals surface area contributed by atoms with Gasteiger partial charge >= 0.3 is 0 Å². The largest absolute Gasteiger partial charge is 0.375 e. The van der Waals surface area contributed by atoms with Crippen LogP contribution < -0.4 is 5.73 Å². The molecule has 0 saturated carbocycles. The third kappa shape index (κ3) is 2.45. The Morgan fingerprint density at radius 2 is 2.36 bits per heavy atom. The summed E-state index contributed by atoms with van der Waals surface area (Å²) in [4.78, 5) is 24.0. The van der Waals surface area contributed by atoms with Gasteiger partial charge in [0.2, 0.25) is 11.8 Å². The Bertz CT molecular complexity index is 230. The van der Waals surface area contributed by atoms with Crippen molar-refractivity contribution in [1.29, 1.82) is 0 Å². The Kier molecular flexibility index (Phi) is 3.88. The van der Waals surface area contributed by atoms with Gasteiger partial charge in [-0.3, -0.25) is 9.59 Å². The van der Waals surface area contributed by atoms with E-state index in [2.05, 4.69) is 0 Å². The fourth-order valence-electron chi connectivity index (χ4n) is 1.56. The van der Waals surface area contributed by atoms with Crippen LogP contribution in [0.25, 0.3) is 0 Å². The fourth-order valence-corrected chi connectivity index (χ4v) is 1.56. The lowest BCUT2D eigenvalue weighted by molar-refractivity contribution is -0.142. The first kappa shape index (κ1) is 11.0. The molecule has 2 N–H and O–H groups in total. The van der Waals surface area contributed by atoms with Crippen molar-refractivity contribution < 1.29 is 14.3 Å². The second-order valence-electron chi connectivity index (χ2n) is 3.25. The molecule has 1 fully saturated rings. The second kappa shape index (κ2) is 4.95. The highest BCUT2D eigenvalue weighted by Gasteiger charge is 2.30. The van der Waals surface area contributed by atoms with Crippen molar-refractivity contribution in [2.75, 3.05) is 20.3 Å². The summed E-state index contributed by atoms with van der Waals surface area (Å²) in [6.07, 6.45) is 3.48. The van der Waals surface area contributed by atoms with Crippen LogP contribution in [0.5, 0.6) is 0 Å². The van der Waals surface area contributed by atoms with Crippen molar-refractivity contribution in [2.24, 2.45) is 5.73 Å². The molecule has 0 aromatic heterocycles. The summed E-state index contributed by atoms with van der Waals surface area (Å²) in [7, 11) is 1.45. The zero-order valence-electron chi connectivity index (χ0n) is 8.23. The molecule has 0 spiro atoms. The molecule has 1 unspecified atom stereocenters. The van der Waals surface area contributed by atoms with Crippen molar-refractivity contribution in [3.8, 4) is 0 Å². The molecule has 2 amide bonds. The van der Waals surface area contributed by atoms with E-state index in [-0.39, 0.29) is 12.5 Å². The highest BCUT2D eigenvalue weighted by Crippen LogP contribution is 2.15. The number of amides is 2. The van der Waals surface area contributed by atoms with Crippen molar-refractivity contribution in [3.63, 3.8) is 0 Å². The molecular formula is C9H15N2O3. The summed E-state index contributed by atoms with van der Waals surface area (Å²) in [5, 5.41) is 0. The van der Waals surface area contributed by atoms with Crippen LogP contribution in [0.1, 0.15) is 12.8 Å². The number of likely N-dealkylation sites (tertiary alicyclic amines) is 1. The van der Waals surface area contributed by atoms with Crippen molar-refractivity contribution in [3.05, 3.63) is 6.42 Å². The average Bonchev–Trinajstić information content (AvgIpc) is 2.18. The smallest absolute Gasteiger partial charge is 0.249 e. The summed E-state index contributed by atoms with van der Waals surface area (Å²) >= 11 is 0. The molecule has 1 atom stereocenters. The SMILES string of the molecule is COCC(=O)N1CCC[CH]C1C(N)=O. The molecule has 0 aromatic carbocycles. The van der Waals surface area contributed by atoms with E-state index in [9.17, 15) is 9.59 Å². The molecule has 79 valence electrons. The summed E-state index contributed by atoms with van der Waals surface area (Å²) in [6.45, 7) is 0.573. The Balaban J connectivity index is 2.62. The van der Waals surface area contributed by atoms with E-state index in [0.29, 0.717) is 6.54 Å². The van der Waals surface area contributed by atoms with Gasteiger partial charge in [-0.25, -0.2) is 0 Å². The quantitative estimate of drug-likeness (QED) is 0.654. The number of piperidine rings is 1. The summed E-state index contributed by atoms with van der Waals surface area (Å²) < 4.78 is 4.73. The molecule has 1 rings (SSSR count). The van der Waals surface area contributed by atoms with Gasteiger partial charge in [0, 0.05) is 13.7 Å². The molecule has 1 radical (unpaired) electrons. The number of rotatable bonds is 3. The minimum Gasteiger partial charge on any atom is -0.375 e. The number of carbonyl (C=O) groups excluding carboxylic acids is 2. The van der Waals surface area contributed by atoms with Gasteiger partial charge in [0.05, 0.1) is 0 Å². The highest BCUT2D eigenvalue weighted by molar-refractivity contribution is 5.88. The van der Waals surface area contributed by atoms with Crippen molar-refractivity contribution in [2.45, 2.75) is 18.9 Å². The van der Waals surface area contributed by atoms with Crippen LogP contribution in [0, 0.1) is 6.42 Å². The molecular weight excluding hydrogens is 184 g/mol. The maximum absolute atomic E-state index is 11.5. The van der Waals surface area contributed by atoms with E-state index >= 15 is 0 Å². The lowest BCUT2D eigenvalue weighted by atomic mass is 10.0. The Morgan fingerprint density at radius 1 is 1.64 bits per heavy atom. The number of ether oxygens (including phenoxy) is 1. The number of nitrogens with zero attached hydrogens (tertiary/aromatic N) is 1. The monoisotopic (exact) mass is 199 g/mol. The number of primary amides is 1. The van der Waals surface area contributed by atoms with Gasteiger partial charge in [0.1, 0.15) is 12.6 Å². The van der Waals surface area contributed by atoms with E-state index in [1.165, 1.54) is 12.0 Å².